The molecule has 0 unspecified atom stereocenters. The second-order valence-electron chi connectivity index (χ2n) is 10.8. The van der Waals surface area contributed by atoms with E-state index < -0.39 is 0 Å². The van der Waals surface area contributed by atoms with Crippen LogP contribution in [0.2, 0.25) is 0 Å². The number of ether oxygens (including phenoxy) is 1. The van der Waals surface area contributed by atoms with E-state index in [-0.39, 0.29) is 5.97 Å². The summed E-state index contributed by atoms with van der Waals surface area (Å²) in [5, 5.41) is 0. The van der Waals surface area contributed by atoms with Crippen molar-refractivity contribution in [3.05, 3.63) is 77.6 Å². The van der Waals surface area contributed by atoms with Crippen molar-refractivity contribution in [2.45, 2.75) is 117 Å². The Kier molecular flexibility index (Phi) is 14.3. The van der Waals surface area contributed by atoms with Crippen LogP contribution < -0.4 is 4.74 Å². The molecule has 4 nitrogen and oxygen atoms in total. The number of aromatic nitrogens is 2. The lowest BCUT2D eigenvalue weighted by molar-refractivity contribution is 0.0733. The van der Waals surface area contributed by atoms with E-state index in [1.807, 2.05) is 24.3 Å². The second kappa shape index (κ2) is 18.3. The maximum Gasteiger partial charge on any atom is 0.343 e. The molecule has 0 bridgehead atoms. The summed E-state index contributed by atoms with van der Waals surface area (Å²) in [5.41, 5.74) is 4.12. The molecule has 0 fully saturated rings. The topological polar surface area (TPSA) is 52.1 Å². The number of hydrogen-bond acceptors (Lipinski definition) is 4. The predicted octanol–water partition coefficient (Wildman–Crippen LogP) is 9.95. The predicted molar refractivity (Wildman–Crippen MR) is 162 cm³/mol. The van der Waals surface area contributed by atoms with Gasteiger partial charge >= 0.3 is 5.97 Å². The normalized spacial score (nSPS) is 11.0. The van der Waals surface area contributed by atoms with Crippen molar-refractivity contribution in [2.24, 2.45) is 0 Å². The van der Waals surface area contributed by atoms with Crippen LogP contribution in [-0.4, -0.2) is 15.9 Å². The summed E-state index contributed by atoms with van der Waals surface area (Å²) in [6.07, 6.45) is 23.7. The molecule has 0 saturated carbocycles. The number of rotatable bonds is 19. The Labute approximate surface area is 236 Å². The number of aryl methyl sites for hydroxylation is 2. The van der Waals surface area contributed by atoms with E-state index in [9.17, 15) is 4.79 Å². The number of unbranched alkanes of at least 4 members (excludes halogenated alkanes) is 12. The van der Waals surface area contributed by atoms with Gasteiger partial charge in [0.2, 0.25) is 0 Å². The third kappa shape index (κ3) is 11.7. The molecule has 0 amide bonds. The van der Waals surface area contributed by atoms with Gasteiger partial charge < -0.3 is 4.74 Å². The standard InChI is InChI=1S/C35H48N2O2/c1-3-5-7-9-11-13-15-17-29-19-23-31(24-20-29)34-36-27-33(28-37-34)39-35(38)32-25-21-30(22-26-32)18-16-14-12-10-8-6-4-2/h19-28H,3-18H2,1-2H3. The lowest BCUT2D eigenvalue weighted by atomic mass is 10.0. The Bertz CT molecular complexity index is 1060. The molecule has 0 radical (unpaired) electrons. The van der Waals surface area contributed by atoms with Crippen molar-refractivity contribution in [1.29, 1.82) is 0 Å². The highest BCUT2D eigenvalue weighted by atomic mass is 16.5. The monoisotopic (exact) mass is 528 g/mol. The van der Waals surface area contributed by atoms with E-state index in [0.29, 0.717) is 17.1 Å². The van der Waals surface area contributed by atoms with E-state index in [0.717, 1.165) is 18.4 Å². The van der Waals surface area contributed by atoms with Gasteiger partial charge in [0.25, 0.3) is 0 Å². The Balaban J connectivity index is 1.39. The minimum Gasteiger partial charge on any atom is -0.420 e. The average molecular weight is 529 g/mol. The van der Waals surface area contributed by atoms with Gasteiger partial charge in [-0.15, -0.1) is 0 Å². The Morgan fingerprint density at radius 2 is 1.03 bits per heavy atom. The van der Waals surface area contributed by atoms with Crippen LogP contribution in [0.3, 0.4) is 0 Å². The van der Waals surface area contributed by atoms with Gasteiger partial charge in [0.05, 0.1) is 18.0 Å². The average Bonchev–Trinajstić information content (AvgIpc) is 2.97. The first-order chi connectivity index (χ1) is 19.2. The van der Waals surface area contributed by atoms with Crippen LogP contribution in [0.5, 0.6) is 5.75 Å². The molecule has 0 N–H and O–H groups in total. The van der Waals surface area contributed by atoms with Gasteiger partial charge in [-0.05, 0) is 48.9 Å². The van der Waals surface area contributed by atoms with Gasteiger partial charge in [-0.3, -0.25) is 0 Å². The van der Waals surface area contributed by atoms with Crippen LogP contribution in [0.4, 0.5) is 0 Å². The van der Waals surface area contributed by atoms with E-state index in [2.05, 4.69) is 48.1 Å². The number of nitrogens with zero attached hydrogens (tertiary/aromatic N) is 2. The molecule has 0 aliphatic rings. The molecular weight excluding hydrogens is 480 g/mol. The summed E-state index contributed by atoms with van der Waals surface area (Å²) in [7, 11) is 0. The first kappa shape index (κ1) is 30.5. The van der Waals surface area contributed by atoms with Crippen LogP contribution in [-0.2, 0) is 12.8 Å². The Hall–Kier alpha value is -3.01. The van der Waals surface area contributed by atoms with E-state index in [1.54, 1.807) is 12.4 Å². The Morgan fingerprint density at radius 3 is 1.51 bits per heavy atom. The van der Waals surface area contributed by atoms with Crippen molar-refractivity contribution in [1.82, 2.24) is 9.97 Å². The summed E-state index contributed by atoms with van der Waals surface area (Å²) in [5.74, 6) is 0.599. The molecule has 0 saturated heterocycles. The van der Waals surface area contributed by atoms with Crippen LogP contribution >= 0.6 is 0 Å². The van der Waals surface area contributed by atoms with Gasteiger partial charge in [0.1, 0.15) is 0 Å². The minimum absolute atomic E-state index is 0.353. The molecule has 39 heavy (non-hydrogen) atoms. The van der Waals surface area contributed by atoms with Gasteiger partial charge in [-0.25, -0.2) is 14.8 Å². The third-order valence-corrected chi connectivity index (χ3v) is 7.38. The summed E-state index contributed by atoms with van der Waals surface area (Å²) >= 11 is 0. The fourth-order valence-corrected chi connectivity index (χ4v) is 4.88. The minimum atomic E-state index is -0.386. The van der Waals surface area contributed by atoms with Crippen molar-refractivity contribution in [2.75, 3.05) is 0 Å². The molecule has 4 heteroatoms. The van der Waals surface area contributed by atoms with Crippen LogP contribution in [0.1, 0.15) is 125 Å². The van der Waals surface area contributed by atoms with Crippen molar-refractivity contribution < 1.29 is 9.53 Å². The molecule has 3 rings (SSSR count). The maximum atomic E-state index is 12.6. The van der Waals surface area contributed by atoms with Gasteiger partial charge in [0.15, 0.2) is 11.6 Å². The first-order valence-electron chi connectivity index (χ1n) is 15.4. The maximum absolute atomic E-state index is 12.6. The van der Waals surface area contributed by atoms with Gasteiger partial charge in [0, 0.05) is 5.56 Å². The molecule has 0 aliphatic heterocycles. The molecule has 1 aromatic heterocycles. The van der Waals surface area contributed by atoms with E-state index in [4.69, 9.17) is 4.74 Å². The van der Waals surface area contributed by atoms with Crippen molar-refractivity contribution in [3.8, 4) is 17.1 Å². The summed E-state index contributed by atoms with van der Waals surface area (Å²) in [6.45, 7) is 4.51. The fourth-order valence-electron chi connectivity index (χ4n) is 4.88. The van der Waals surface area contributed by atoms with Crippen LogP contribution in [0.15, 0.2) is 60.9 Å². The smallest absolute Gasteiger partial charge is 0.343 e. The number of benzene rings is 2. The van der Waals surface area contributed by atoms with Crippen LogP contribution in [0, 0.1) is 0 Å². The fraction of sp³-hybridized carbons (Fsp3) is 0.514. The zero-order chi connectivity index (χ0) is 27.5. The van der Waals surface area contributed by atoms with E-state index >= 15 is 0 Å². The molecular formula is C35H48N2O2. The molecule has 0 aliphatic carbocycles. The Morgan fingerprint density at radius 1 is 0.590 bits per heavy atom. The first-order valence-corrected chi connectivity index (χ1v) is 15.4. The zero-order valence-electron chi connectivity index (χ0n) is 24.3. The highest BCUT2D eigenvalue weighted by molar-refractivity contribution is 5.91. The molecule has 3 aromatic rings. The van der Waals surface area contributed by atoms with E-state index in [1.165, 1.54) is 101 Å². The quantitative estimate of drug-likeness (QED) is 0.115. The zero-order valence-corrected chi connectivity index (χ0v) is 24.3. The SMILES string of the molecule is CCCCCCCCCc1ccc(C(=O)Oc2cnc(-c3ccc(CCCCCCCCC)cc3)nc2)cc1. The summed E-state index contributed by atoms with van der Waals surface area (Å²) < 4.78 is 5.52. The lowest BCUT2D eigenvalue weighted by Crippen LogP contribution is -2.09. The van der Waals surface area contributed by atoms with Gasteiger partial charge in [-0.1, -0.05) is 127 Å². The molecule has 0 atom stereocenters. The van der Waals surface area contributed by atoms with Crippen molar-refractivity contribution >= 4 is 5.97 Å². The number of carbonyl (C=O) groups excluding carboxylic acids is 1. The number of hydrogen-bond donors (Lipinski definition) is 0. The summed E-state index contributed by atoms with van der Waals surface area (Å²) in [6, 6.07) is 16.2. The lowest BCUT2D eigenvalue weighted by Gasteiger charge is -2.07. The molecule has 0 spiro atoms. The third-order valence-electron chi connectivity index (χ3n) is 7.38. The number of esters is 1. The largest absolute Gasteiger partial charge is 0.420 e. The second-order valence-corrected chi connectivity index (χ2v) is 10.8. The highest BCUT2D eigenvalue weighted by Gasteiger charge is 2.10. The highest BCUT2D eigenvalue weighted by Crippen LogP contribution is 2.20. The van der Waals surface area contributed by atoms with Gasteiger partial charge in [-0.2, -0.15) is 0 Å². The molecule has 1 heterocycles. The van der Waals surface area contributed by atoms with Crippen molar-refractivity contribution in [3.63, 3.8) is 0 Å². The molecule has 2 aromatic carbocycles. The number of carbonyl (C=O) groups is 1. The molecule has 210 valence electrons. The summed E-state index contributed by atoms with van der Waals surface area (Å²) in [4.78, 5) is 21.5. The van der Waals surface area contributed by atoms with Crippen LogP contribution in [0.25, 0.3) is 11.4 Å².